The molecule has 1 aromatic carbocycles. The van der Waals surface area contributed by atoms with Gasteiger partial charge in [-0.15, -0.1) is 10.2 Å². The number of nitrogens with one attached hydrogen (secondary N) is 1. The van der Waals surface area contributed by atoms with E-state index in [1.807, 2.05) is 11.9 Å². The zero-order chi connectivity index (χ0) is 35.0. The zero-order valence-corrected chi connectivity index (χ0v) is 27.4. The van der Waals surface area contributed by atoms with E-state index < -0.39 is 17.8 Å². The van der Waals surface area contributed by atoms with Gasteiger partial charge in [-0.25, -0.2) is 9.67 Å². The molecule has 0 bridgehead atoms. The molecule has 5 heterocycles. The molecule has 3 N–H and O–H groups in total. The molecule has 0 saturated carbocycles. The van der Waals surface area contributed by atoms with E-state index in [2.05, 4.69) is 30.5 Å². The Hall–Kier alpha value is -5.03. The van der Waals surface area contributed by atoms with Crippen LogP contribution in [0.15, 0.2) is 42.7 Å². The van der Waals surface area contributed by atoms with Gasteiger partial charge in [0.2, 0.25) is 5.91 Å². The second kappa shape index (κ2) is 13.5. The molecule has 3 aromatic heterocycles. The second-order valence-electron chi connectivity index (χ2n) is 12.0. The predicted octanol–water partition coefficient (Wildman–Crippen LogP) is 3.20. The molecular weight excluding hydrogens is 667 g/mol. The van der Waals surface area contributed by atoms with Crippen LogP contribution in [0.1, 0.15) is 39.5 Å². The number of likely N-dealkylation sites (tertiary alicyclic amines) is 1. The van der Waals surface area contributed by atoms with Gasteiger partial charge in [0.05, 0.1) is 28.0 Å². The molecule has 2 fully saturated rings. The highest BCUT2D eigenvalue weighted by molar-refractivity contribution is 6.34. The van der Waals surface area contributed by atoms with Crippen LogP contribution in [0.3, 0.4) is 0 Å². The summed E-state index contributed by atoms with van der Waals surface area (Å²) in [7, 11) is 3.44. The van der Waals surface area contributed by atoms with Crippen molar-refractivity contribution in [1.82, 2.24) is 44.2 Å². The zero-order valence-electron chi connectivity index (χ0n) is 26.6. The third-order valence-corrected chi connectivity index (χ3v) is 9.07. The molecule has 0 spiro atoms. The molecule has 6 rings (SSSR count). The van der Waals surface area contributed by atoms with Gasteiger partial charge in [0.1, 0.15) is 5.82 Å². The van der Waals surface area contributed by atoms with Crippen molar-refractivity contribution in [1.29, 1.82) is 0 Å². The van der Waals surface area contributed by atoms with E-state index in [0.717, 1.165) is 43.0 Å². The summed E-state index contributed by atoms with van der Waals surface area (Å²) >= 11 is 6.48. The SMILES string of the molecule is CN1CCC(C(=O)N2CCN(C(=O)c3ccc(NC(=O)c4ncc(-c5cn(-c6ccc(N)nn6)nc5C(F)(F)F)n4C)cc3Cl)CC2)CC1. The maximum atomic E-state index is 14.0. The topological polar surface area (TPSA) is 160 Å². The van der Waals surface area contributed by atoms with Crippen LogP contribution in [0, 0.1) is 5.92 Å². The third-order valence-electron chi connectivity index (χ3n) is 8.76. The first kappa shape index (κ1) is 33.9. The molecule has 0 unspecified atom stereocenters. The minimum Gasteiger partial charge on any atom is -0.382 e. The molecule has 0 aliphatic carbocycles. The molecule has 2 aliphatic heterocycles. The van der Waals surface area contributed by atoms with Gasteiger partial charge in [-0.2, -0.15) is 18.3 Å². The van der Waals surface area contributed by atoms with E-state index in [0.29, 0.717) is 26.2 Å². The Morgan fingerprint density at radius 1 is 0.959 bits per heavy atom. The normalized spacial score (nSPS) is 16.2. The average Bonchev–Trinajstić information content (AvgIpc) is 3.69. The first-order chi connectivity index (χ1) is 23.3. The summed E-state index contributed by atoms with van der Waals surface area (Å²) in [5, 5.41) is 13.8. The molecule has 0 radical (unpaired) electrons. The van der Waals surface area contributed by atoms with Crippen LogP contribution < -0.4 is 11.1 Å². The lowest BCUT2D eigenvalue weighted by Crippen LogP contribution is -2.52. The Morgan fingerprint density at radius 2 is 1.65 bits per heavy atom. The number of rotatable bonds is 6. The monoisotopic (exact) mass is 699 g/mol. The number of alkyl halides is 3. The molecule has 18 heteroatoms. The molecule has 3 amide bonds. The smallest absolute Gasteiger partial charge is 0.382 e. The van der Waals surface area contributed by atoms with Crippen molar-refractivity contribution in [2.45, 2.75) is 19.0 Å². The lowest BCUT2D eigenvalue weighted by molar-refractivity contribution is -0.141. The summed E-state index contributed by atoms with van der Waals surface area (Å²) < 4.78 is 44.1. The number of nitrogens with two attached hydrogens (primary N) is 1. The first-order valence-electron chi connectivity index (χ1n) is 15.5. The number of aromatic nitrogens is 6. The van der Waals surface area contributed by atoms with E-state index in [9.17, 15) is 27.6 Å². The largest absolute Gasteiger partial charge is 0.435 e. The Bertz CT molecular complexity index is 1880. The fourth-order valence-electron chi connectivity index (χ4n) is 5.98. The van der Waals surface area contributed by atoms with Crippen molar-refractivity contribution in [2.24, 2.45) is 13.0 Å². The number of piperidine rings is 1. The van der Waals surface area contributed by atoms with E-state index in [4.69, 9.17) is 17.3 Å². The van der Waals surface area contributed by atoms with Gasteiger partial charge < -0.3 is 30.3 Å². The molecular formula is C31H33ClF3N11O3. The van der Waals surface area contributed by atoms with Crippen molar-refractivity contribution in [2.75, 3.05) is 57.4 Å². The van der Waals surface area contributed by atoms with Crippen LogP contribution in [0.5, 0.6) is 0 Å². The van der Waals surface area contributed by atoms with Crippen molar-refractivity contribution in [3.63, 3.8) is 0 Å². The number of imidazole rings is 1. The summed E-state index contributed by atoms with van der Waals surface area (Å²) in [6.45, 7) is 3.41. The van der Waals surface area contributed by atoms with Crippen molar-refractivity contribution < 1.29 is 27.6 Å². The molecule has 14 nitrogen and oxygen atoms in total. The number of piperazine rings is 1. The van der Waals surface area contributed by atoms with Gasteiger partial charge in [-0.3, -0.25) is 14.4 Å². The second-order valence-corrected chi connectivity index (χ2v) is 12.4. The Morgan fingerprint density at radius 3 is 2.29 bits per heavy atom. The molecule has 258 valence electrons. The minimum absolute atomic E-state index is 0.00488. The fourth-order valence-corrected chi connectivity index (χ4v) is 6.25. The van der Waals surface area contributed by atoms with Gasteiger partial charge in [-0.1, -0.05) is 11.6 Å². The number of hydrogen-bond donors (Lipinski definition) is 2. The van der Waals surface area contributed by atoms with Crippen LogP contribution in [0.2, 0.25) is 5.02 Å². The fraction of sp³-hybridized carbons (Fsp3) is 0.387. The highest BCUT2D eigenvalue weighted by atomic mass is 35.5. The van der Waals surface area contributed by atoms with Crippen molar-refractivity contribution in [3.05, 3.63) is 64.8 Å². The van der Waals surface area contributed by atoms with E-state index >= 15 is 0 Å². The maximum absolute atomic E-state index is 14.0. The Labute approximate surface area is 283 Å². The molecule has 49 heavy (non-hydrogen) atoms. The van der Waals surface area contributed by atoms with Gasteiger partial charge in [0.15, 0.2) is 17.3 Å². The molecule has 0 atom stereocenters. The van der Waals surface area contributed by atoms with E-state index in [1.54, 1.807) is 4.90 Å². The molecule has 2 saturated heterocycles. The van der Waals surface area contributed by atoms with E-state index in [1.165, 1.54) is 41.9 Å². The van der Waals surface area contributed by atoms with Crippen LogP contribution >= 0.6 is 11.6 Å². The van der Waals surface area contributed by atoms with Crippen LogP contribution in [-0.4, -0.2) is 108 Å². The van der Waals surface area contributed by atoms with Crippen LogP contribution in [0.25, 0.3) is 17.1 Å². The molecule has 4 aromatic rings. The highest BCUT2D eigenvalue weighted by Gasteiger charge is 2.39. The van der Waals surface area contributed by atoms with Gasteiger partial charge in [0.25, 0.3) is 11.8 Å². The average molecular weight is 700 g/mol. The highest BCUT2D eigenvalue weighted by Crippen LogP contribution is 2.37. The lowest BCUT2D eigenvalue weighted by atomic mass is 9.95. The van der Waals surface area contributed by atoms with Crippen molar-refractivity contribution in [3.8, 4) is 17.1 Å². The summed E-state index contributed by atoms with van der Waals surface area (Å²) in [5.74, 6) is -0.962. The maximum Gasteiger partial charge on any atom is 0.435 e. The number of amides is 3. The predicted molar refractivity (Wildman–Crippen MR) is 173 cm³/mol. The Kier molecular flexibility index (Phi) is 9.30. The summed E-state index contributed by atoms with van der Waals surface area (Å²) in [6.07, 6.45) is -0.914. The number of carbonyl (C=O) groups excluding carboxylic acids is 3. The number of carbonyl (C=O) groups is 3. The number of benzene rings is 1. The summed E-state index contributed by atoms with van der Waals surface area (Å²) in [5.41, 5.74) is 4.44. The van der Waals surface area contributed by atoms with Crippen LogP contribution in [-0.2, 0) is 18.0 Å². The van der Waals surface area contributed by atoms with Crippen LogP contribution in [0.4, 0.5) is 24.7 Å². The number of anilines is 2. The van der Waals surface area contributed by atoms with Gasteiger partial charge >= 0.3 is 6.18 Å². The first-order valence-corrected chi connectivity index (χ1v) is 15.8. The summed E-state index contributed by atoms with van der Waals surface area (Å²) in [6, 6.07) is 7.14. The van der Waals surface area contributed by atoms with Gasteiger partial charge in [-0.05, 0) is 63.3 Å². The number of hydrogen-bond acceptors (Lipinski definition) is 9. The number of nitrogen functional groups attached to an aromatic ring is 1. The third kappa shape index (κ3) is 7.07. The van der Waals surface area contributed by atoms with E-state index in [-0.39, 0.29) is 62.7 Å². The summed E-state index contributed by atoms with van der Waals surface area (Å²) in [4.78, 5) is 49.2. The quantitative estimate of drug-likeness (QED) is 0.308. The van der Waals surface area contributed by atoms with Crippen molar-refractivity contribution >= 4 is 40.8 Å². The van der Waals surface area contributed by atoms with Gasteiger partial charge in [0, 0.05) is 51.0 Å². The number of nitrogens with zero attached hydrogens (tertiary/aromatic N) is 9. The molecule has 2 aliphatic rings. The Balaban J connectivity index is 1.12. The standard InChI is InChI=1S/C31H33ClF3N11O3/c1-42-9-7-18(8-10-42)29(48)44-11-13-45(14-12-44)30(49)20-4-3-19(15-22(20)32)38-28(47)27-37-16-23(43(27)2)21-17-46(41-26(21)31(33,34)35)25-6-5-24(36)39-40-25/h3-6,15-18H,7-14H2,1-2H3,(H2,36,39)(H,38,47). The number of halogens is 4. The lowest BCUT2D eigenvalue weighted by Gasteiger charge is -2.38. The minimum atomic E-state index is -4.83.